The molecule has 20 heavy (non-hydrogen) atoms. The van der Waals surface area contributed by atoms with Crippen LogP contribution in [0.4, 0.5) is 0 Å². The van der Waals surface area contributed by atoms with Crippen LogP contribution < -0.4 is 5.32 Å². The second kappa shape index (κ2) is 8.35. The van der Waals surface area contributed by atoms with Crippen LogP contribution in [-0.4, -0.2) is 45.2 Å². The minimum atomic E-state index is -2.97. The molecule has 0 amide bonds. The average molecular weight is 308 g/mol. The Bertz CT molecular complexity index is 356. The number of sulfone groups is 1. The summed E-state index contributed by atoms with van der Waals surface area (Å²) in [5.41, 5.74) is 0.139. The fourth-order valence-electron chi connectivity index (χ4n) is 1.52. The van der Waals surface area contributed by atoms with E-state index >= 15 is 0 Å². The fraction of sp³-hybridized carbons (Fsp3) is 1.00. The van der Waals surface area contributed by atoms with E-state index in [2.05, 4.69) is 26.1 Å². The Hall–Kier alpha value is -0.130. The monoisotopic (exact) mass is 307 g/mol. The molecule has 0 saturated carbocycles. The van der Waals surface area contributed by atoms with Gasteiger partial charge in [-0.3, -0.25) is 0 Å². The van der Waals surface area contributed by atoms with Gasteiger partial charge in [-0.05, 0) is 39.0 Å². The van der Waals surface area contributed by atoms with E-state index in [9.17, 15) is 8.42 Å². The SMILES string of the molecule is CCC(C)(C)COCCCS(=O)(=O)CCNC(C)(C)C. The maximum atomic E-state index is 11.8. The smallest absolute Gasteiger partial charge is 0.151 e. The van der Waals surface area contributed by atoms with E-state index in [4.69, 9.17) is 4.74 Å². The molecule has 0 radical (unpaired) electrons. The van der Waals surface area contributed by atoms with Crippen molar-refractivity contribution in [3.8, 4) is 0 Å². The molecule has 0 aromatic carbocycles. The van der Waals surface area contributed by atoms with Crippen LogP contribution in [-0.2, 0) is 14.6 Å². The van der Waals surface area contributed by atoms with Crippen molar-refractivity contribution >= 4 is 9.84 Å². The zero-order valence-corrected chi connectivity index (χ0v) is 14.9. The van der Waals surface area contributed by atoms with Crippen molar-refractivity contribution in [3.05, 3.63) is 0 Å². The highest BCUT2D eigenvalue weighted by atomic mass is 32.2. The molecular weight excluding hydrogens is 274 g/mol. The quantitative estimate of drug-likeness (QED) is 0.630. The third kappa shape index (κ3) is 11.7. The van der Waals surface area contributed by atoms with Crippen molar-refractivity contribution in [2.24, 2.45) is 5.41 Å². The molecule has 0 aliphatic heterocycles. The van der Waals surface area contributed by atoms with Crippen molar-refractivity contribution in [2.45, 2.75) is 59.9 Å². The fourth-order valence-corrected chi connectivity index (χ4v) is 2.69. The maximum Gasteiger partial charge on any atom is 0.151 e. The Balaban J connectivity index is 3.78. The third-order valence-corrected chi connectivity index (χ3v) is 5.00. The van der Waals surface area contributed by atoms with Gasteiger partial charge < -0.3 is 10.1 Å². The molecule has 5 heteroatoms. The Kier molecular flexibility index (Phi) is 8.29. The van der Waals surface area contributed by atoms with Crippen molar-refractivity contribution in [3.63, 3.8) is 0 Å². The molecule has 0 atom stereocenters. The molecular formula is C15H33NO3S. The van der Waals surface area contributed by atoms with Crippen LogP contribution in [0.5, 0.6) is 0 Å². The summed E-state index contributed by atoms with van der Waals surface area (Å²) in [6.07, 6.45) is 1.64. The molecule has 0 unspecified atom stereocenters. The van der Waals surface area contributed by atoms with Crippen molar-refractivity contribution < 1.29 is 13.2 Å². The van der Waals surface area contributed by atoms with E-state index < -0.39 is 9.84 Å². The number of rotatable bonds is 10. The lowest BCUT2D eigenvalue weighted by Crippen LogP contribution is -2.39. The first-order chi connectivity index (χ1) is 8.97. The van der Waals surface area contributed by atoms with E-state index in [1.165, 1.54) is 0 Å². The first-order valence-electron chi connectivity index (χ1n) is 7.51. The van der Waals surface area contributed by atoms with Crippen molar-refractivity contribution in [1.29, 1.82) is 0 Å². The third-order valence-electron chi connectivity index (χ3n) is 3.26. The van der Waals surface area contributed by atoms with Crippen LogP contribution in [0, 0.1) is 5.41 Å². The first-order valence-corrected chi connectivity index (χ1v) is 9.33. The lowest BCUT2D eigenvalue weighted by atomic mass is 9.92. The molecule has 0 aromatic heterocycles. The molecule has 0 aliphatic carbocycles. The van der Waals surface area contributed by atoms with Crippen LogP contribution >= 0.6 is 0 Å². The van der Waals surface area contributed by atoms with Gasteiger partial charge in [0.25, 0.3) is 0 Å². The van der Waals surface area contributed by atoms with Gasteiger partial charge in [0.05, 0.1) is 18.1 Å². The summed E-state index contributed by atoms with van der Waals surface area (Å²) in [6, 6.07) is 0. The highest BCUT2D eigenvalue weighted by molar-refractivity contribution is 7.91. The minimum Gasteiger partial charge on any atom is -0.381 e. The molecule has 0 fully saturated rings. The van der Waals surface area contributed by atoms with E-state index in [1.807, 2.05) is 20.8 Å². The van der Waals surface area contributed by atoms with Crippen LogP contribution in [0.1, 0.15) is 54.4 Å². The second-order valence-electron chi connectivity index (χ2n) is 7.25. The van der Waals surface area contributed by atoms with Crippen molar-refractivity contribution in [1.82, 2.24) is 5.32 Å². The van der Waals surface area contributed by atoms with Crippen LogP contribution in [0.25, 0.3) is 0 Å². The Morgan fingerprint density at radius 1 is 1.05 bits per heavy atom. The molecule has 4 nitrogen and oxygen atoms in total. The van der Waals surface area contributed by atoms with Gasteiger partial charge in [-0.1, -0.05) is 20.8 Å². The summed E-state index contributed by atoms with van der Waals surface area (Å²) in [7, 11) is -2.97. The second-order valence-corrected chi connectivity index (χ2v) is 9.56. The van der Waals surface area contributed by atoms with E-state index in [0.717, 1.165) is 6.42 Å². The summed E-state index contributed by atoms with van der Waals surface area (Å²) in [5.74, 6) is 0.413. The van der Waals surface area contributed by atoms with Gasteiger partial charge in [-0.2, -0.15) is 0 Å². The lowest BCUT2D eigenvalue weighted by Gasteiger charge is -2.22. The maximum absolute atomic E-state index is 11.8. The summed E-state index contributed by atoms with van der Waals surface area (Å²) in [4.78, 5) is 0. The Labute approximate surface area is 125 Å². The van der Waals surface area contributed by atoms with Crippen LogP contribution in [0.15, 0.2) is 0 Å². The van der Waals surface area contributed by atoms with E-state index in [-0.39, 0.29) is 22.5 Å². The summed E-state index contributed by atoms with van der Waals surface area (Å²) in [6.45, 7) is 14.3. The molecule has 0 aliphatic rings. The van der Waals surface area contributed by atoms with E-state index in [0.29, 0.717) is 26.2 Å². The molecule has 1 N–H and O–H groups in total. The average Bonchev–Trinajstić information content (AvgIpc) is 2.26. The minimum absolute atomic E-state index is 0.0373. The molecule has 0 heterocycles. The normalized spacial score (nSPS) is 13.7. The molecule has 0 rings (SSSR count). The van der Waals surface area contributed by atoms with Crippen LogP contribution in [0.2, 0.25) is 0 Å². The Morgan fingerprint density at radius 2 is 1.65 bits per heavy atom. The first kappa shape index (κ1) is 19.9. The molecule has 0 spiro atoms. The van der Waals surface area contributed by atoms with Gasteiger partial charge in [0, 0.05) is 18.7 Å². The molecule has 122 valence electrons. The van der Waals surface area contributed by atoms with Crippen LogP contribution in [0.3, 0.4) is 0 Å². The van der Waals surface area contributed by atoms with E-state index in [1.54, 1.807) is 0 Å². The van der Waals surface area contributed by atoms with Crippen molar-refractivity contribution in [2.75, 3.05) is 31.3 Å². The van der Waals surface area contributed by atoms with Gasteiger partial charge in [0.15, 0.2) is 9.84 Å². The highest BCUT2D eigenvalue weighted by Crippen LogP contribution is 2.19. The zero-order chi connectivity index (χ0) is 15.9. The standard InChI is InChI=1S/C15H33NO3S/c1-7-15(5,6)13-19-10-8-11-20(17,18)12-9-16-14(2,3)4/h16H,7-13H2,1-6H3. The predicted octanol–water partition coefficient (Wildman–Crippen LogP) is 2.63. The van der Waals surface area contributed by atoms with Gasteiger partial charge in [0.1, 0.15) is 0 Å². The topological polar surface area (TPSA) is 55.4 Å². The number of hydrogen-bond acceptors (Lipinski definition) is 4. The molecule has 0 aromatic rings. The molecule has 0 bridgehead atoms. The lowest BCUT2D eigenvalue weighted by molar-refractivity contribution is 0.0610. The summed E-state index contributed by atoms with van der Waals surface area (Å²) >= 11 is 0. The van der Waals surface area contributed by atoms with Gasteiger partial charge >= 0.3 is 0 Å². The Morgan fingerprint density at radius 3 is 2.15 bits per heavy atom. The summed E-state index contributed by atoms with van der Waals surface area (Å²) < 4.78 is 29.2. The van der Waals surface area contributed by atoms with Gasteiger partial charge in [-0.15, -0.1) is 0 Å². The van der Waals surface area contributed by atoms with Gasteiger partial charge in [0.2, 0.25) is 0 Å². The largest absolute Gasteiger partial charge is 0.381 e. The number of nitrogens with one attached hydrogen (secondary N) is 1. The number of hydrogen-bond donors (Lipinski definition) is 1. The van der Waals surface area contributed by atoms with Gasteiger partial charge in [-0.25, -0.2) is 8.42 Å². The molecule has 0 saturated heterocycles. The summed E-state index contributed by atoms with van der Waals surface area (Å²) in [5, 5.41) is 3.20. The highest BCUT2D eigenvalue weighted by Gasteiger charge is 2.16. The predicted molar refractivity (Wildman–Crippen MR) is 85.9 cm³/mol. The number of ether oxygens (including phenoxy) is 1. The zero-order valence-electron chi connectivity index (χ0n) is 14.1.